The molecule has 0 bridgehead atoms. The lowest BCUT2D eigenvalue weighted by atomic mass is 9.72. The van der Waals surface area contributed by atoms with Crippen molar-refractivity contribution >= 4 is 0 Å². The SMILES string of the molecule is CN1CCC2(CCCN(Cc3ccccc3)C2)CC1. The number of likely N-dealkylation sites (tertiary alicyclic amines) is 2. The van der Waals surface area contributed by atoms with Gasteiger partial charge in [-0.25, -0.2) is 0 Å². The van der Waals surface area contributed by atoms with E-state index in [1.807, 2.05) is 0 Å². The summed E-state index contributed by atoms with van der Waals surface area (Å²) in [7, 11) is 2.26. The van der Waals surface area contributed by atoms with E-state index in [4.69, 9.17) is 0 Å². The van der Waals surface area contributed by atoms with Gasteiger partial charge in [-0.3, -0.25) is 4.90 Å². The van der Waals surface area contributed by atoms with Gasteiger partial charge in [0.15, 0.2) is 0 Å². The van der Waals surface area contributed by atoms with Crippen LogP contribution in [0.25, 0.3) is 0 Å². The molecule has 2 heterocycles. The zero-order valence-corrected chi connectivity index (χ0v) is 12.1. The van der Waals surface area contributed by atoms with E-state index in [-0.39, 0.29) is 0 Å². The predicted molar refractivity (Wildman–Crippen MR) is 80.1 cm³/mol. The van der Waals surface area contributed by atoms with E-state index >= 15 is 0 Å². The molecule has 0 aromatic heterocycles. The second kappa shape index (κ2) is 5.64. The second-order valence-electron chi connectivity index (χ2n) is 6.60. The van der Waals surface area contributed by atoms with Crippen LogP contribution in [0.15, 0.2) is 30.3 Å². The standard InChI is InChI=1S/C17H26N2/c1-18-12-9-17(10-13-18)8-5-11-19(15-17)14-16-6-3-2-4-7-16/h2-4,6-7H,5,8-15H2,1H3. The molecule has 1 spiro atoms. The van der Waals surface area contributed by atoms with Crippen molar-refractivity contribution < 1.29 is 0 Å². The van der Waals surface area contributed by atoms with Crippen LogP contribution in [0.4, 0.5) is 0 Å². The summed E-state index contributed by atoms with van der Waals surface area (Å²) in [5.41, 5.74) is 2.09. The topological polar surface area (TPSA) is 6.48 Å². The van der Waals surface area contributed by atoms with Crippen molar-refractivity contribution in [1.82, 2.24) is 9.80 Å². The zero-order chi connectivity index (χ0) is 13.1. The van der Waals surface area contributed by atoms with Gasteiger partial charge in [0, 0.05) is 13.1 Å². The normalized spacial score (nSPS) is 24.7. The first-order valence-electron chi connectivity index (χ1n) is 7.71. The molecule has 2 saturated heterocycles. The minimum atomic E-state index is 0.625. The van der Waals surface area contributed by atoms with E-state index in [1.165, 1.54) is 57.4 Å². The van der Waals surface area contributed by atoms with Gasteiger partial charge in [0.05, 0.1) is 0 Å². The Hall–Kier alpha value is -0.860. The van der Waals surface area contributed by atoms with Crippen LogP contribution in [0.2, 0.25) is 0 Å². The zero-order valence-electron chi connectivity index (χ0n) is 12.1. The Labute approximate surface area is 117 Å². The number of nitrogens with zero attached hydrogens (tertiary/aromatic N) is 2. The third kappa shape index (κ3) is 3.18. The quantitative estimate of drug-likeness (QED) is 0.804. The summed E-state index contributed by atoms with van der Waals surface area (Å²) in [6.07, 6.45) is 5.63. The third-order valence-electron chi connectivity index (χ3n) is 5.04. The van der Waals surface area contributed by atoms with Crippen molar-refractivity contribution in [3.05, 3.63) is 35.9 Å². The molecule has 2 nitrogen and oxygen atoms in total. The molecule has 3 rings (SSSR count). The fourth-order valence-corrected chi connectivity index (χ4v) is 3.79. The highest BCUT2D eigenvalue weighted by molar-refractivity contribution is 5.14. The van der Waals surface area contributed by atoms with Gasteiger partial charge in [-0.15, -0.1) is 0 Å². The summed E-state index contributed by atoms with van der Waals surface area (Å²) in [6.45, 7) is 6.32. The van der Waals surface area contributed by atoms with Crippen LogP contribution in [-0.2, 0) is 6.54 Å². The smallest absolute Gasteiger partial charge is 0.0233 e. The monoisotopic (exact) mass is 258 g/mol. The maximum atomic E-state index is 2.68. The van der Waals surface area contributed by atoms with Gasteiger partial charge in [-0.1, -0.05) is 30.3 Å². The van der Waals surface area contributed by atoms with Crippen LogP contribution in [0.3, 0.4) is 0 Å². The Morgan fingerprint density at radius 2 is 1.74 bits per heavy atom. The van der Waals surface area contributed by atoms with E-state index in [0.717, 1.165) is 6.54 Å². The van der Waals surface area contributed by atoms with Gasteiger partial charge in [0.25, 0.3) is 0 Å². The second-order valence-corrected chi connectivity index (χ2v) is 6.60. The molecule has 2 fully saturated rings. The lowest BCUT2D eigenvalue weighted by Crippen LogP contribution is -2.48. The molecular weight excluding hydrogens is 232 g/mol. The van der Waals surface area contributed by atoms with Crippen LogP contribution >= 0.6 is 0 Å². The number of rotatable bonds is 2. The van der Waals surface area contributed by atoms with Crippen molar-refractivity contribution in [2.45, 2.75) is 32.2 Å². The van der Waals surface area contributed by atoms with Gasteiger partial charge in [-0.2, -0.15) is 0 Å². The molecule has 0 aliphatic carbocycles. The molecule has 0 radical (unpaired) electrons. The average molecular weight is 258 g/mol. The fraction of sp³-hybridized carbons (Fsp3) is 0.647. The average Bonchev–Trinajstić information content (AvgIpc) is 2.44. The minimum Gasteiger partial charge on any atom is -0.306 e. The summed E-state index contributed by atoms with van der Waals surface area (Å²) in [5.74, 6) is 0. The van der Waals surface area contributed by atoms with Crippen LogP contribution in [-0.4, -0.2) is 43.0 Å². The Balaban J connectivity index is 1.62. The molecule has 0 atom stereocenters. The van der Waals surface area contributed by atoms with Crippen LogP contribution in [0.5, 0.6) is 0 Å². The lowest BCUT2D eigenvalue weighted by Gasteiger charge is -2.47. The lowest BCUT2D eigenvalue weighted by molar-refractivity contribution is 0.0276. The molecule has 1 aromatic rings. The molecule has 0 unspecified atom stereocenters. The van der Waals surface area contributed by atoms with Crippen LogP contribution < -0.4 is 0 Å². The van der Waals surface area contributed by atoms with E-state index in [1.54, 1.807) is 0 Å². The minimum absolute atomic E-state index is 0.625. The first-order chi connectivity index (χ1) is 9.26. The van der Waals surface area contributed by atoms with Gasteiger partial charge >= 0.3 is 0 Å². The highest BCUT2D eigenvalue weighted by Gasteiger charge is 2.37. The number of hydrogen-bond acceptors (Lipinski definition) is 2. The molecule has 0 N–H and O–H groups in total. The Morgan fingerprint density at radius 1 is 1.00 bits per heavy atom. The van der Waals surface area contributed by atoms with Crippen molar-refractivity contribution in [3.8, 4) is 0 Å². The molecule has 19 heavy (non-hydrogen) atoms. The Kier molecular flexibility index (Phi) is 3.90. The van der Waals surface area contributed by atoms with Crippen molar-refractivity contribution in [2.75, 3.05) is 33.2 Å². The van der Waals surface area contributed by atoms with Gasteiger partial charge in [0.1, 0.15) is 0 Å². The molecule has 0 saturated carbocycles. The summed E-state index contributed by atoms with van der Waals surface area (Å²) >= 11 is 0. The van der Waals surface area contributed by atoms with E-state index < -0.39 is 0 Å². The van der Waals surface area contributed by atoms with Gasteiger partial charge < -0.3 is 4.90 Å². The Bertz CT molecular complexity index is 393. The maximum Gasteiger partial charge on any atom is 0.0233 e. The largest absolute Gasteiger partial charge is 0.306 e. The number of piperidine rings is 2. The molecular formula is C17H26N2. The highest BCUT2D eigenvalue weighted by atomic mass is 15.2. The summed E-state index contributed by atoms with van der Waals surface area (Å²) < 4.78 is 0. The first kappa shape index (κ1) is 13.1. The fourth-order valence-electron chi connectivity index (χ4n) is 3.79. The van der Waals surface area contributed by atoms with E-state index in [9.17, 15) is 0 Å². The van der Waals surface area contributed by atoms with Crippen molar-refractivity contribution in [1.29, 1.82) is 0 Å². The predicted octanol–water partition coefficient (Wildman–Crippen LogP) is 2.99. The van der Waals surface area contributed by atoms with Crippen molar-refractivity contribution in [2.24, 2.45) is 5.41 Å². The van der Waals surface area contributed by atoms with E-state index in [2.05, 4.69) is 47.2 Å². The molecule has 104 valence electrons. The molecule has 2 heteroatoms. The summed E-state index contributed by atoms with van der Waals surface area (Å²) in [4.78, 5) is 5.17. The number of benzene rings is 1. The van der Waals surface area contributed by atoms with Crippen LogP contribution in [0.1, 0.15) is 31.2 Å². The molecule has 2 aliphatic heterocycles. The highest BCUT2D eigenvalue weighted by Crippen LogP contribution is 2.39. The van der Waals surface area contributed by atoms with Gasteiger partial charge in [0.2, 0.25) is 0 Å². The number of hydrogen-bond donors (Lipinski definition) is 0. The first-order valence-corrected chi connectivity index (χ1v) is 7.71. The Morgan fingerprint density at radius 3 is 2.47 bits per heavy atom. The molecule has 1 aromatic carbocycles. The van der Waals surface area contributed by atoms with Crippen molar-refractivity contribution in [3.63, 3.8) is 0 Å². The summed E-state index contributed by atoms with van der Waals surface area (Å²) in [5, 5.41) is 0. The van der Waals surface area contributed by atoms with Crippen LogP contribution in [0, 0.1) is 5.41 Å². The molecule has 2 aliphatic rings. The third-order valence-corrected chi connectivity index (χ3v) is 5.04. The maximum absolute atomic E-state index is 2.68. The molecule has 0 amide bonds. The van der Waals surface area contributed by atoms with Gasteiger partial charge in [-0.05, 0) is 63.3 Å². The van der Waals surface area contributed by atoms with E-state index in [0.29, 0.717) is 5.41 Å². The summed E-state index contributed by atoms with van der Waals surface area (Å²) in [6, 6.07) is 10.9.